The Morgan fingerprint density at radius 1 is 1.15 bits per heavy atom. The Morgan fingerprint density at radius 2 is 1.85 bits per heavy atom. The molecule has 0 unspecified atom stereocenters. The van der Waals surface area contributed by atoms with Crippen molar-refractivity contribution >= 4 is 0 Å². The number of ether oxygens (including phenoxy) is 1. The molecule has 3 bridgehead atoms. The van der Waals surface area contributed by atoms with Crippen LogP contribution in [0.1, 0.15) is 37.7 Å². The zero-order valence-corrected chi connectivity index (χ0v) is 11.4. The predicted octanol–water partition coefficient (Wildman–Crippen LogP) is 2.29. The summed E-state index contributed by atoms with van der Waals surface area (Å²) in [6, 6.07) is 10.3. The van der Waals surface area contributed by atoms with Crippen molar-refractivity contribution in [3.63, 3.8) is 0 Å². The third kappa shape index (κ3) is 1.54. The lowest BCUT2D eigenvalue weighted by Crippen LogP contribution is -2.48. The van der Waals surface area contributed by atoms with Gasteiger partial charge in [0.25, 0.3) is 0 Å². The van der Waals surface area contributed by atoms with Crippen LogP contribution in [0.25, 0.3) is 0 Å². The fourth-order valence-electron chi connectivity index (χ4n) is 4.03. The Hall–Kier alpha value is -1.84. The first kappa shape index (κ1) is 11.9. The van der Waals surface area contributed by atoms with E-state index in [1.165, 1.54) is 10.3 Å². The molecule has 0 radical (unpaired) electrons. The number of fused-ring (bicyclic) bond motifs is 2. The molecule has 4 aliphatic rings. The Kier molecular flexibility index (Phi) is 2.29. The molecule has 4 heteroatoms. The van der Waals surface area contributed by atoms with E-state index in [0.29, 0.717) is 12.1 Å². The van der Waals surface area contributed by atoms with Crippen molar-refractivity contribution in [3.05, 3.63) is 47.5 Å². The summed E-state index contributed by atoms with van der Waals surface area (Å²) in [6.45, 7) is 0. The highest BCUT2D eigenvalue weighted by molar-refractivity contribution is 5.21. The average molecular weight is 270 g/mol. The van der Waals surface area contributed by atoms with E-state index in [1.807, 2.05) is 18.2 Å². The maximum atomic E-state index is 12.0. The molecule has 104 valence electrons. The van der Waals surface area contributed by atoms with Crippen molar-refractivity contribution in [2.45, 2.75) is 49.7 Å². The standard InChI is InChI=1S/C16H18N2O2/c17-18-13-11-16(20-14(13)19)8-6-15(18,7-9-16)10-12-4-2-1-3-5-12/h1-5H,6-11H2,(H-,17,19). The summed E-state index contributed by atoms with van der Waals surface area (Å²) < 4.78 is 7.07. The van der Waals surface area contributed by atoms with Gasteiger partial charge in [-0.15, -0.1) is 0 Å². The molecular weight excluding hydrogens is 252 g/mol. The lowest BCUT2D eigenvalue weighted by molar-refractivity contribution is -0.654. The van der Waals surface area contributed by atoms with Crippen molar-refractivity contribution in [2.75, 3.05) is 0 Å². The second-order valence-corrected chi connectivity index (χ2v) is 6.42. The highest BCUT2D eigenvalue weighted by Gasteiger charge is 2.58. The number of benzene rings is 1. The van der Waals surface area contributed by atoms with Crippen LogP contribution in [0.4, 0.5) is 0 Å². The van der Waals surface area contributed by atoms with Gasteiger partial charge in [-0.1, -0.05) is 40.6 Å². The van der Waals surface area contributed by atoms with Crippen LogP contribution in [0.2, 0.25) is 0 Å². The zero-order chi connectivity index (χ0) is 13.8. The summed E-state index contributed by atoms with van der Waals surface area (Å²) in [6.07, 6.45) is 5.12. The monoisotopic (exact) mass is 270 g/mol. The van der Waals surface area contributed by atoms with Gasteiger partial charge in [0, 0.05) is 24.9 Å². The molecule has 1 spiro atoms. The molecule has 1 saturated carbocycles. The van der Waals surface area contributed by atoms with E-state index in [0.717, 1.165) is 32.1 Å². The molecule has 1 aliphatic carbocycles. The number of nitrogens with one attached hydrogen (secondary N) is 1. The van der Waals surface area contributed by atoms with E-state index in [9.17, 15) is 5.11 Å². The summed E-state index contributed by atoms with van der Waals surface area (Å²) in [5.74, 6) is -0.267. The van der Waals surface area contributed by atoms with Crippen molar-refractivity contribution in [1.82, 2.24) is 0 Å². The maximum absolute atomic E-state index is 12.0. The zero-order valence-electron chi connectivity index (χ0n) is 11.4. The van der Waals surface area contributed by atoms with E-state index in [1.54, 1.807) is 0 Å². The molecule has 4 nitrogen and oxygen atoms in total. The normalized spacial score (nSPS) is 35.1. The van der Waals surface area contributed by atoms with Gasteiger partial charge in [-0.3, -0.25) is 0 Å². The van der Waals surface area contributed by atoms with Gasteiger partial charge in [0.2, 0.25) is 5.70 Å². The summed E-state index contributed by atoms with van der Waals surface area (Å²) >= 11 is 0. The average Bonchev–Trinajstić information content (AvgIpc) is 2.67. The highest BCUT2D eigenvalue weighted by atomic mass is 16.6. The van der Waals surface area contributed by atoms with Gasteiger partial charge in [0.05, 0.1) is 6.42 Å². The first-order valence-corrected chi connectivity index (χ1v) is 7.27. The second-order valence-electron chi connectivity index (χ2n) is 6.42. The number of nitrogens with zero attached hydrogens (tertiary/aromatic N) is 1. The van der Waals surface area contributed by atoms with E-state index >= 15 is 0 Å². The minimum Gasteiger partial charge on any atom is -0.602 e. The van der Waals surface area contributed by atoms with Crippen LogP contribution in [0.15, 0.2) is 42.0 Å². The number of hydrogen-bond acceptors (Lipinski definition) is 3. The third-order valence-electron chi connectivity index (χ3n) is 5.25. The molecule has 1 aromatic carbocycles. The topological polar surface area (TPSA) is 59.2 Å². The Bertz CT molecular complexity index is 598. The number of rotatable bonds is 2. The molecule has 3 aliphatic heterocycles. The van der Waals surface area contributed by atoms with Crippen molar-refractivity contribution in [3.8, 4) is 0 Å². The molecule has 20 heavy (non-hydrogen) atoms. The lowest BCUT2D eigenvalue weighted by Gasteiger charge is -2.43. The van der Waals surface area contributed by atoms with E-state index in [4.69, 9.17) is 10.3 Å². The van der Waals surface area contributed by atoms with Crippen molar-refractivity contribution in [2.24, 2.45) is 0 Å². The first-order chi connectivity index (χ1) is 9.63. The van der Waals surface area contributed by atoms with Gasteiger partial charge in [0.1, 0.15) is 5.95 Å². The molecule has 5 rings (SSSR count). The SMILES string of the molecule is N=[N+]1C2=C([O-])OC3(CCC1(Cc1ccccc1)CC3)C2. The fraction of sp³-hybridized carbons (Fsp3) is 0.500. The third-order valence-corrected chi connectivity index (χ3v) is 5.25. The van der Waals surface area contributed by atoms with E-state index < -0.39 is 0 Å². The van der Waals surface area contributed by atoms with Gasteiger partial charge < -0.3 is 9.84 Å². The summed E-state index contributed by atoms with van der Waals surface area (Å²) in [7, 11) is 0. The van der Waals surface area contributed by atoms with Gasteiger partial charge in [-0.05, 0) is 18.4 Å². The van der Waals surface area contributed by atoms with Crippen LogP contribution in [0, 0.1) is 5.53 Å². The lowest BCUT2D eigenvalue weighted by atomic mass is 9.72. The van der Waals surface area contributed by atoms with Crippen LogP contribution < -0.4 is 5.11 Å². The van der Waals surface area contributed by atoms with Crippen LogP contribution in [0.3, 0.4) is 0 Å². The Morgan fingerprint density at radius 3 is 2.55 bits per heavy atom. The minimum atomic E-state index is -0.289. The molecule has 2 saturated heterocycles. The predicted molar refractivity (Wildman–Crippen MR) is 69.8 cm³/mol. The Balaban J connectivity index is 1.74. The molecule has 0 aromatic heterocycles. The quantitative estimate of drug-likeness (QED) is 0.838. The smallest absolute Gasteiger partial charge is 0.231 e. The molecule has 0 amide bonds. The van der Waals surface area contributed by atoms with Crippen LogP contribution in [-0.2, 0) is 11.2 Å². The second kappa shape index (κ2) is 3.84. The first-order valence-electron chi connectivity index (χ1n) is 7.27. The molecule has 1 aromatic rings. The maximum Gasteiger partial charge on any atom is 0.231 e. The molecule has 3 fully saturated rings. The van der Waals surface area contributed by atoms with Gasteiger partial charge in [0.15, 0.2) is 5.54 Å². The van der Waals surface area contributed by atoms with Crippen LogP contribution in [0.5, 0.6) is 0 Å². The van der Waals surface area contributed by atoms with Gasteiger partial charge in [-0.2, -0.15) is 0 Å². The molecular formula is C16H18N2O2. The van der Waals surface area contributed by atoms with Crippen LogP contribution >= 0.6 is 0 Å². The van der Waals surface area contributed by atoms with E-state index in [-0.39, 0.29) is 17.1 Å². The van der Waals surface area contributed by atoms with Crippen molar-refractivity contribution in [1.29, 1.82) is 5.53 Å². The van der Waals surface area contributed by atoms with Crippen LogP contribution in [-0.4, -0.2) is 15.8 Å². The summed E-state index contributed by atoms with van der Waals surface area (Å²) in [5.41, 5.74) is 9.79. The molecule has 0 atom stereocenters. The fourth-order valence-corrected chi connectivity index (χ4v) is 4.03. The molecule has 1 N–H and O–H groups in total. The van der Waals surface area contributed by atoms with Gasteiger partial charge >= 0.3 is 0 Å². The summed E-state index contributed by atoms with van der Waals surface area (Å²) in [4.78, 5) is 0. The minimum absolute atomic E-state index is 0.226. The number of hydrogen-bond donors (Lipinski definition) is 1. The van der Waals surface area contributed by atoms with Gasteiger partial charge in [-0.25, -0.2) is 0 Å². The van der Waals surface area contributed by atoms with E-state index in [2.05, 4.69) is 12.1 Å². The largest absolute Gasteiger partial charge is 0.602 e. The summed E-state index contributed by atoms with van der Waals surface area (Å²) in [5, 5.41) is 12.0. The van der Waals surface area contributed by atoms with Crippen molar-refractivity contribution < 1.29 is 14.5 Å². The Labute approximate surface area is 118 Å². The molecule has 3 heterocycles. The highest BCUT2D eigenvalue weighted by Crippen LogP contribution is 2.52.